The molecular weight excluding hydrogens is 386 g/mol. The van der Waals surface area contributed by atoms with Gasteiger partial charge in [-0.2, -0.15) is 0 Å². The number of halogens is 2. The van der Waals surface area contributed by atoms with Crippen LogP contribution in [0.1, 0.15) is 23.4 Å². The number of rotatable bonds is 3. The number of carbonyl (C=O) groups excluding carboxylic acids is 1. The Hall–Kier alpha value is -1.04. The van der Waals surface area contributed by atoms with Crippen molar-refractivity contribution in [3.8, 4) is 5.75 Å². The van der Waals surface area contributed by atoms with Crippen LogP contribution in [0.5, 0.6) is 5.75 Å². The van der Waals surface area contributed by atoms with Crippen molar-refractivity contribution in [3.63, 3.8) is 0 Å². The highest BCUT2D eigenvalue weighted by atomic mass is 79.9. The van der Waals surface area contributed by atoms with Gasteiger partial charge in [0.15, 0.2) is 6.61 Å². The molecule has 22 heavy (non-hydrogen) atoms. The van der Waals surface area contributed by atoms with Gasteiger partial charge in [-0.05, 0) is 48.6 Å². The summed E-state index contributed by atoms with van der Waals surface area (Å²) < 4.78 is 6.46. The number of carbonyl (C=O) groups is 1. The molecule has 1 atom stereocenters. The van der Waals surface area contributed by atoms with E-state index in [1.807, 2.05) is 11.0 Å². The van der Waals surface area contributed by atoms with Gasteiger partial charge in [-0.3, -0.25) is 4.79 Å². The Morgan fingerprint density at radius 1 is 1.50 bits per heavy atom. The van der Waals surface area contributed by atoms with Crippen molar-refractivity contribution in [1.82, 2.24) is 4.90 Å². The van der Waals surface area contributed by atoms with Gasteiger partial charge >= 0.3 is 0 Å². The number of nitrogens with zero attached hydrogens (tertiary/aromatic N) is 1. The van der Waals surface area contributed by atoms with Crippen LogP contribution in [0, 0.1) is 0 Å². The number of fused-ring (bicyclic) bond motifs is 1. The van der Waals surface area contributed by atoms with Gasteiger partial charge in [0.05, 0.1) is 11.1 Å². The molecule has 0 spiro atoms. The number of hydrogen-bond acceptors (Lipinski definition) is 3. The van der Waals surface area contributed by atoms with Crippen molar-refractivity contribution in [2.75, 3.05) is 13.2 Å². The highest BCUT2D eigenvalue weighted by Crippen LogP contribution is 2.33. The summed E-state index contributed by atoms with van der Waals surface area (Å²) >= 11 is 11.2. The maximum Gasteiger partial charge on any atom is 0.261 e. The van der Waals surface area contributed by atoms with Crippen LogP contribution < -0.4 is 4.74 Å². The van der Waals surface area contributed by atoms with E-state index in [4.69, 9.17) is 16.3 Å². The Kier molecular flexibility index (Phi) is 4.76. The average molecular weight is 401 g/mol. The molecule has 0 saturated heterocycles. The van der Waals surface area contributed by atoms with E-state index in [0.29, 0.717) is 10.8 Å². The third kappa shape index (κ3) is 3.16. The Balaban J connectivity index is 1.65. The molecule has 3 nitrogen and oxygen atoms in total. The molecule has 0 bridgehead atoms. The molecule has 6 heteroatoms. The lowest BCUT2D eigenvalue weighted by Gasteiger charge is -2.33. The maximum atomic E-state index is 12.4. The normalized spacial score (nSPS) is 17.2. The molecule has 2 aromatic rings. The van der Waals surface area contributed by atoms with Crippen molar-refractivity contribution in [1.29, 1.82) is 0 Å². The highest BCUT2D eigenvalue weighted by Gasteiger charge is 2.28. The van der Waals surface area contributed by atoms with Gasteiger partial charge in [-0.25, -0.2) is 0 Å². The molecule has 0 saturated carbocycles. The van der Waals surface area contributed by atoms with Gasteiger partial charge in [-0.15, -0.1) is 11.3 Å². The summed E-state index contributed by atoms with van der Waals surface area (Å²) in [4.78, 5) is 15.7. The average Bonchev–Trinajstić information content (AvgIpc) is 2.96. The van der Waals surface area contributed by atoms with Gasteiger partial charge in [-0.1, -0.05) is 27.5 Å². The molecule has 1 unspecified atom stereocenters. The monoisotopic (exact) mass is 399 g/mol. The second-order valence-corrected chi connectivity index (χ2v) is 7.50. The lowest BCUT2D eigenvalue weighted by atomic mass is 10.0. The molecular formula is C16H15BrClNO2S. The molecule has 2 heterocycles. The number of hydrogen-bond donors (Lipinski definition) is 0. The fourth-order valence-corrected chi connectivity index (χ4v) is 4.36. The Bertz CT molecular complexity index is 703. The quantitative estimate of drug-likeness (QED) is 0.748. The zero-order valence-corrected chi connectivity index (χ0v) is 15.2. The highest BCUT2D eigenvalue weighted by molar-refractivity contribution is 9.10. The standard InChI is InChI=1S/C16H15BrClNO2S/c1-10-12-5-7-22-15(12)4-6-19(10)16(20)9-21-14-3-2-11(17)8-13(14)18/h2-3,5,7-8,10H,4,6,9H2,1H3. The molecule has 0 aliphatic carbocycles. The molecule has 1 amide bonds. The van der Waals surface area contributed by atoms with Crippen LogP contribution >= 0.6 is 38.9 Å². The number of amides is 1. The van der Waals surface area contributed by atoms with Gasteiger partial charge in [0.1, 0.15) is 5.75 Å². The fourth-order valence-electron chi connectivity index (χ4n) is 2.66. The van der Waals surface area contributed by atoms with E-state index in [9.17, 15) is 4.79 Å². The molecule has 3 rings (SSSR count). The number of benzene rings is 1. The van der Waals surface area contributed by atoms with Crippen LogP contribution in [0.2, 0.25) is 5.02 Å². The molecule has 0 N–H and O–H groups in total. The summed E-state index contributed by atoms with van der Waals surface area (Å²) in [6.07, 6.45) is 0.919. The van der Waals surface area contributed by atoms with Crippen LogP contribution in [-0.2, 0) is 11.2 Å². The zero-order valence-electron chi connectivity index (χ0n) is 12.0. The number of thiophene rings is 1. The Labute approximate surface area is 147 Å². The Morgan fingerprint density at radius 2 is 2.32 bits per heavy atom. The van der Waals surface area contributed by atoms with E-state index < -0.39 is 0 Å². The predicted molar refractivity (Wildman–Crippen MR) is 92.8 cm³/mol. The van der Waals surface area contributed by atoms with Crippen LogP contribution in [0.15, 0.2) is 34.1 Å². The first-order chi connectivity index (χ1) is 10.6. The Morgan fingerprint density at radius 3 is 3.09 bits per heavy atom. The summed E-state index contributed by atoms with van der Waals surface area (Å²) in [6, 6.07) is 7.56. The van der Waals surface area contributed by atoms with Gasteiger partial charge < -0.3 is 9.64 Å². The minimum absolute atomic E-state index is 0.00512. The summed E-state index contributed by atoms with van der Waals surface area (Å²) in [7, 11) is 0. The van der Waals surface area contributed by atoms with Crippen molar-refractivity contribution >= 4 is 44.8 Å². The van der Waals surface area contributed by atoms with E-state index >= 15 is 0 Å². The van der Waals surface area contributed by atoms with Gasteiger partial charge in [0.25, 0.3) is 5.91 Å². The smallest absolute Gasteiger partial charge is 0.261 e. The zero-order chi connectivity index (χ0) is 15.7. The lowest BCUT2D eigenvalue weighted by Crippen LogP contribution is -2.40. The van der Waals surface area contributed by atoms with Crippen LogP contribution in [0.25, 0.3) is 0 Å². The van der Waals surface area contributed by atoms with E-state index in [1.54, 1.807) is 23.5 Å². The minimum Gasteiger partial charge on any atom is -0.482 e. The van der Waals surface area contributed by atoms with E-state index in [0.717, 1.165) is 17.4 Å². The maximum absolute atomic E-state index is 12.4. The molecule has 1 aromatic heterocycles. The van der Waals surface area contributed by atoms with Crippen molar-refractivity contribution in [2.45, 2.75) is 19.4 Å². The molecule has 1 aromatic carbocycles. The first-order valence-corrected chi connectivity index (χ1v) is 9.05. The molecule has 0 radical (unpaired) electrons. The number of ether oxygens (including phenoxy) is 1. The summed E-state index contributed by atoms with van der Waals surface area (Å²) in [6.45, 7) is 2.81. The van der Waals surface area contributed by atoms with Crippen molar-refractivity contribution < 1.29 is 9.53 Å². The summed E-state index contributed by atoms with van der Waals surface area (Å²) in [5.74, 6) is 0.516. The summed E-state index contributed by atoms with van der Waals surface area (Å²) in [5, 5.41) is 2.58. The van der Waals surface area contributed by atoms with Crippen molar-refractivity contribution in [2.24, 2.45) is 0 Å². The fraction of sp³-hybridized carbons (Fsp3) is 0.312. The predicted octanol–water partition coefficient (Wildman–Crippen LogP) is 4.69. The largest absolute Gasteiger partial charge is 0.482 e. The van der Waals surface area contributed by atoms with Gasteiger partial charge in [0, 0.05) is 15.9 Å². The molecule has 116 valence electrons. The molecule has 1 aliphatic rings. The second kappa shape index (κ2) is 6.60. The van der Waals surface area contributed by atoms with Crippen LogP contribution in [-0.4, -0.2) is 24.0 Å². The summed E-state index contributed by atoms with van der Waals surface area (Å²) in [5.41, 5.74) is 1.26. The third-order valence-corrected chi connectivity index (χ3v) is 5.63. The van der Waals surface area contributed by atoms with E-state index in [-0.39, 0.29) is 18.6 Å². The molecule has 0 fully saturated rings. The second-order valence-electron chi connectivity index (χ2n) is 5.18. The lowest BCUT2D eigenvalue weighted by molar-refractivity contribution is -0.135. The first kappa shape index (κ1) is 15.8. The SMILES string of the molecule is CC1c2ccsc2CCN1C(=O)COc1ccc(Br)cc1Cl. The van der Waals surface area contributed by atoms with Crippen LogP contribution in [0.3, 0.4) is 0 Å². The van der Waals surface area contributed by atoms with Crippen molar-refractivity contribution in [3.05, 3.63) is 49.6 Å². The van der Waals surface area contributed by atoms with E-state index in [1.165, 1.54) is 10.4 Å². The third-order valence-electron chi connectivity index (χ3n) is 3.84. The van der Waals surface area contributed by atoms with Crippen LogP contribution in [0.4, 0.5) is 0 Å². The van der Waals surface area contributed by atoms with E-state index in [2.05, 4.69) is 34.3 Å². The first-order valence-electron chi connectivity index (χ1n) is 7.00. The minimum atomic E-state index is -0.0108. The van der Waals surface area contributed by atoms with Gasteiger partial charge in [0.2, 0.25) is 0 Å². The molecule has 1 aliphatic heterocycles. The topological polar surface area (TPSA) is 29.5 Å².